The fourth-order valence-corrected chi connectivity index (χ4v) is 4.26. The van der Waals surface area contributed by atoms with Crippen molar-refractivity contribution in [3.63, 3.8) is 0 Å². The van der Waals surface area contributed by atoms with Crippen LogP contribution in [0, 0.1) is 13.8 Å². The predicted molar refractivity (Wildman–Crippen MR) is 127 cm³/mol. The van der Waals surface area contributed by atoms with Crippen LogP contribution < -0.4 is 4.90 Å². The normalized spacial score (nSPS) is 15.1. The Morgan fingerprint density at radius 2 is 1.62 bits per heavy atom. The predicted octanol–water partition coefficient (Wildman–Crippen LogP) is 5.62. The maximum Gasteiger partial charge on any atom is 0.343 e. The number of hydrogen-bond acceptors (Lipinski definition) is 4. The van der Waals surface area contributed by atoms with E-state index in [0.717, 1.165) is 28.3 Å². The molecule has 1 aliphatic heterocycles. The number of ketones is 1. The van der Waals surface area contributed by atoms with Gasteiger partial charge < -0.3 is 14.2 Å². The molecular formula is C26H23ClN2O3. The van der Waals surface area contributed by atoms with Crippen LogP contribution in [0.2, 0.25) is 5.02 Å². The number of rotatable bonds is 4. The molecule has 0 amide bonds. The fraction of sp³-hybridized carbons (Fsp3) is 0.154. The van der Waals surface area contributed by atoms with Crippen LogP contribution in [0.25, 0.3) is 11.8 Å². The molecule has 4 rings (SSSR count). The first-order valence-electron chi connectivity index (χ1n) is 10.2. The van der Waals surface area contributed by atoms with Crippen molar-refractivity contribution in [2.75, 3.05) is 12.0 Å². The number of aryl methyl sites for hydroxylation is 1. The number of allylic oxidation sites excluding steroid dienone is 2. The van der Waals surface area contributed by atoms with Gasteiger partial charge in [-0.2, -0.15) is 0 Å². The van der Waals surface area contributed by atoms with Gasteiger partial charge in [-0.05, 0) is 74.9 Å². The first-order chi connectivity index (χ1) is 15.3. The van der Waals surface area contributed by atoms with E-state index in [2.05, 4.69) is 4.57 Å². The second-order valence-electron chi connectivity index (χ2n) is 7.62. The van der Waals surface area contributed by atoms with E-state index in [9.17, 15) is 9.59 Å². The van der Waals surface area contributed by atoms with Crippen molar-refractivity contribution in [1.82, 2.24) is 4.57 Å². The van der Waals surface area contributed by atoms with Crippen molar-refractivity contribution < 1.29 is 14.3 Å². The summed E-state index contributed by atoms with van der Waals surface area (Å²) in [4.78, 5) is 27.5. The number of carbonyl (C=O) groups excluding carboxylic acids is 2. The van der Waals surface area contributed by atoms with E-state index in [1.807, 2.05) is 85.5 Å². The lowest BCUT2D eigenvalue weighted by atomic mass is 10.1. The number of methoxy groups -OCH3 is 1. The van der Waals surface area contributed by atoms with Crippen molar-refractivity contribution in [3.05, 3.63) is 99.6 Å². The van der Waals surface area contributed by atoms with E-state index in [1.165, 1.54) is 7.11 Å². The number of para-hydroxylation sites is 1. The van der Waals surface area contributed by atoms with Crippen LogP contribution in [-0.2, 0) is 14.3 Å². The Hall–Kier alpha value is -3.57. The van der Waals surface area contributed by atoms with Gasteiger partial charge in [0.25, 0.3) is 0 Å². The number of aromatic nitrogens is 1. The summed E-state index contributed by atoms with van der Waals surface area (Å²) < 4.78 is 6.99. The zero-order valence-corrected chi connectivity index (χ0v) is 19.1. The summed E-state index contributed by atoms with van der Waals surface area (Å²) in [5.74, 6) is -0.988. The van der Waals surface area contributed by atoms with E-state index in [-0.39, 0.29) is 11.4 Å². The molecule has 3 aromatic rings. The van der Waals surface area contributed by atoms with Gasteiger partial charge in [-0.1, -0.05) is 29.8 Å². The molecule has 0 saturated carbocycles. The highest BCUT2D eigenvalue weighted by atomic mass is 35.5. The first kappa shape index (κ1) is 21.7. The van der Waals surface area contributed by atoms with Crippen molar-refractivity contribution in [3.8, 4) is 5.69 Å². The summed E-state index contributed by atoms with van der Waals surface area (Å²) >= 11 is 6.05. The van der Waals surface area contributed by atoms with Crippen LogP contribution >= 0.6 is 11.6 Å². The van der Waals surface area contributed by atoms with Gasteiger partial charge in [-0.3, -0.25) is 4.79 Å². The number of hydrogen-bond donors (Lipinski definition) is 0. The molecule has 0 fully saturated rings. The zero-order valence-electron chi connectivity index (χ0n) is 18.3. The molecule has 2 heterocycles. The molecular weight excluding hydrogens is 424 g/mol. The smallest absolute Gasteiger partial charge is 0.343 e. The molecule has 0 spiro atoms. The van der Waals surface area contributed by atoms with Gasteiger partial charge in [0.15, 0.2) is 0 Å². The van der Waals surface area contributed by atoms with Gasteiger partial charge in [0, 0.05) is 33.5 Å². The van der Waals surface area contributed by atoms with Gasteiger partial charge in [0.2, 0.25) is 5.78 Å². The van der Waals surface area contributed by atoms with Crippen LogP contribution in [0.5, 0.6) is 0 Å². The summed E-state index contributed by atoms with van der Waals surface area (Å²) in [5, 5.41) is 0.672. The minimum atomic E-state index is -0.636. The molecule has 0 atom stereocenters. The lowest BCUT2D eigenvalue weighted by Gasteiger charge is -2.21. The molecule has 0 aliphatic carbocycles. The topological polar surface area (TPSA) is 51.5 Å². The van der Waals surface area contributed by atoms with Crippen LogP contribution in [0.1, 0.15) is 23.9 Å². The Labute approximate surface area is 192 Å². The first-order valence-corrected chi connectivity index (χ1v) is 10.6. The summed E-state index contributed by atoms with van der Waals surface area (Å²) in [6.07, 6.45) is 1.84. The second-order valence-corrected chi connectivity index (χ2v) is 8.06. The van der Waals surface area contributed by atoms with Crippen LogP contribution in [-0.4, -0.2) is 23.4 Å². The minimum Gasteiger partial charge on any atom is -0.465 e. The van der Waals surface area contributed by atoms with Crippen LogP contribution in [0.15, 0.2) is 77.6 Å². The Kier molecular flexibility index (Phi) is 5.76. The average molecular weight is 447 g/mol. The number of carbonyl (C=O) groups is 2. The highest BCUT2D eigenvalue weighted by molar-refractivity contribution is 6.31. The third kappa shape index (κ3) is 3.65. The van der Waals surface area contributed by atoms with E-state index < -0.39 is 5.97 Å². The monoisotopic (exact) mass is 446 g/mol. The van der Waals surface area contributed by atoms with Crippen molar-refractivity contribution in [2.45, 2.75) is 20.8 Å². The summed E-state index contributed by atoms with van der Waals surface area (Å²) in [5.41, 5.74) is 5.67. The zero-order chi connectivity index (χ0) is 23.0. The molecule has 1 aromatic heterocycles. The summed E-state index contributed by atoms with van der Waals surface area (Å²) in [6, 6.07) is 19.1. The van der Waals surface area contributed by atoms with Crippen molar-refractivity contribution in [1.29, 1.82) is 0 Å². The summed E-state index contributed by atoms with van der Waals surface area (Å²) in [6.45, 7) is 5.77. The highest BCUT2D eigenvalue weighted by Gasteiger charge is 2.38. The lowest BCUT2D eigenvalue weighted by Crippen LogP contribution is -2.18. The maximum absolute atomic E-state index is 13.3. The highest BCUT2D eigenvalue weighted by Crippen LogP contribution is 2.36. The van der Waals surface area contributed by atoms with Gasteiger partial charge in [0.05, 0.1) is 12.8 Å². The van der Waals surface area contributed by atoms with Gasteiger partial charge in [-0.25, -0.2) is 4.79 Å². The third-order valence-electron chi connectivity index (χ3n) is 5.65. The Bertz CT molecular complexity index is 1270. The quantitative estimate of drug-likeness (QED) is 0.296. The molecule has 6 heteroatoms. The Morgan fingerprint density at radius 3 is 2.25 bits per heavy atom. The van der Waals surface area contributed by atoms with E-state index >= 15 is 0 Å². The minimum absolute atomic E-state index is 0.0501. The number of esters is 1. The van der Waals surface area contributed by atoms with Gasteiger partial charge in [0.1, 0.15) is 5.57 Å². The van der Waals surface area contributed by atoms with Crippen molar-refractivity contribution in [2.24, 2.45) is 0 Å². The summed E-state index contributed by atoms with van der Waals surface area (Å²) in [7, 11) is 1.28. The SMILES string of the molecule is COC(=O)C1=C(C)N(c2ccccc2)/C(=C/c2cc(C)n(-c3ccc(Cl)cc3)c2C)C1=O. The molecule has 2 aromatic carbocycles. The van der Waals surface area contributed by atoms with Crippen molar-refractivity contribution >= 4 is 35.1 Å². The average Bonchev–Trinajstić information content (AvgIpc) is 3.20. The molecule has 0 bridgehead atoms. The maximum atomic E-state index is 13.3. The second kappa shape index (κ2) is 8.52. The number of benzene rings is 2. The fourth-order valence-electron chi connectivity index (χ4n) is 4.14. The van der Waals surface area contributed by atoms with E-state index in [0.29, 0.717) is 16.4 Å². The molecule has 0 radical (unpaired) electrons. The number of halogens is 1. The van der Waals surface area contributed by atoms with Gasteiger partial charge >= 0.3 is 5.97 Å². The third-order valence-corrected chi connectivity index (χ3v) is 5.90. The number of nitrogens with zero attached hydrogens (tertiary/aromatic N) is 2. The Morgan fingerprint density at radius 1 is 0.969 bits per heavy atom. The lowest BCUT2D eigenvalue weighted by molar-refractivity contribution is -0.137. The van der Waals surface area contributed by atoms with Crippen LogP contribution in [0.3, 0.4) is 0 Å². The standard InChI is InChI=1S/C26H23ClN2O3/c1-16-14-19(17(2)28(16)22-12-10-20(27)11-13-22)15-23-25(30)24(26(31)32-4)18(3)29(23)21-8-6-5-7-9-21/h5-15H,1-4H3/b23-15+. The largest absolute Gasteiger partial charge is 0.465 e. The van der Waals surface area contributed by atoms with E-state index in [1.54, 1.807) is 6.92 Å². The molecule has 1 aliphatic rings. The molecule has 0 N–H and O–H groups in total. The molecule has 0 unspecified atom stereocenters. The number of Topliss-reactive ketones (excluding diaryl/α,β-unsaturated/α-hetero) is 1. The van der Waals surface area contributed by atoms with E-state index in [4.69, 9.17) is 16.3 Å². The number of anilines is 1. The van der Waals surface area contributed by atoms with Gasteiger partial charge in [-0.15, -0.1) is 0 Å². The Balaban J connectivity index is 1.86. The van der Waals surface area contributed by atoms with Crippen LogP contribution in [0.4, 0.5) is 5.69 Å². The molecule has 0 saturated heterocycles. The number of ether oxygens (including phenoxy) is 1. The molecule has 5 nitrogen and oxygen atoms in total. The molecule has 162 valence electrons. The molecule has 32 heavy (non-hydrogen) atoms.